The fraction of sp³-hybridized carbons (Fsp3) is 0.571. The normalized spacial score (nSPS) is 18.3. The topological polar surface area (TPSA) is 56.7 Å². The number of aromatic nitrogens is 1. The SMILES string of the molecule is CC(C(=O)N1CCN(CCO)CC1)c1cccnc1. The standard InChI is InChI=1S/C14H21N3O2/c1-12(13-3-2-4-15-11-13)14(19)17-7-5-16(6-8-17)9-10-18/h2-4,11-12,18H,5-10H2,1H3. The molecule has 1 aromatic heterocycles. The Morgan fingerprint density at radius 1 is 1.42 bits per heavy atom. The van der Waals surface area contributed by atoms with Gasteiger partial charge >= 0.3 is 0 Å². The summed E-state index contributed by atoms with van der Waals surface area (Å²) in [4.78, 5) is 20.5. The van der Waals surface area contributed by atoms with E-state index in [1.807, 2.05) is 24.0 Å². The van der Waals surface area contributed by atoms with Gasteiger partial charge in [0.15, 0.2) is 0 Å². The molecular formula is C14H21N3O2. The summed E-state index contributed by atoms with van der Waals surface area (Å²) in [5.41, 5.74) is 0.963. The molecule has 0 aliphatic carbocycles. The van der Waals surface area contributed by atoms with Gasteiger partial charge in [0.05, 0.1) is 12.5 Å². The highest BCUT2D eigenvalue weighted by atomic mass is 16.3. The van der Waals surface area contributed by atoms with Crippen LogP contribution < -0.4 is 0 Å². The van der Waals surface area contributed by atoms with E-state index in [2.05, 4.69) is 9.88 Å². The third kappa shape index (κ3) is 3.52. The summed E-state index contributed by atoms with van der Waals surface area (Å²) in [6.07, 6.45) is 3.47. The van der Waals surface area contributed by atoms with Gasteiger partial charge in [0.2, 0.25) is 5.91 Å². The molecule has 1 atom stereocenters. The Hall–Kier alpha value is -1.46. The zero-order valence-corrected chi connectivity index (χ0v) is 11.3. The fourth-order valence-electron chi connectivity index (χ4n) is 2.38. The zero-order valence-electron chi connectivity index (χ0n) is 11.3. The maximum Gasteiger partial charge on any atom is 0.229 e. The highest BCUT2D eigenvalue weighted by Gasteiger charge is 2.25. The van der Waals surface area contributed by atoms with Crippen molar-refractivity contribution in [3.05, 3.63) is 30.1 Å². The van der Waals surface area contributed by atoms with Crippen molar-refractivity contribution in [2.75, 3.05) is 39.3 Å². The molecule has 0 spiro atoms. The molecule has 1 saturated heterocycles. The van der Waals surface area contributed by atoms with E-state index in [0.29, 0.717) is 6.54 Å². The van der Waals surface area contributed by atoms with Crippen LogP contribution in [-0.4, -0.2) is 65.1 Å². The van der Waals surface area contributed by atoms with Gasteiger partial charge in [-0.15, -0.1) is 0 Å². The Balaban J connectivity index is 1.91. The number of hydrogen-bond acceptors (Lipinski definition) is 4. The number of pyridine rings is 1. The first-order valence-electron chi connectivity index (χ1n) is 6.74. The quantitative estimate of drug-likeness (QED) is 0.850. The van der Waals surface area contributed by atoms with Gasteiger partial charge in [0, 0.05) is 45.1 Å². The Morgan fingerprint density at radius 2 is 2.16 bits per heavy atom. The number of piperazine rings is 1. The maximum atomic E-state index is 12.4. The van der Waals surface area contributed by atoms with Crippen LogP contribution in [0.5, 0.6) is 0 Å². The Bertz CT molecular complexity index is 402. The average Bonchev–Trinajstić information content (AvgIpc) is 2.48. The Morgan fingerprint density at radius 3 is 2.74 bits per heavy atom. The van der Waals surface area contributed by atoms with E-state index < -0.39 is 0 Å². The number of amides is 1. The number of aliphatic hydroxyl groups is 1. The van der Waals surface area contributed by atoms with E-state index in [-0.39, 0.29) is 18.4 Å². The monoisotopic (exact) mass is 263 g/mol. The molecule has 0 aromatic carbocycles. The lowest BCUT2D eigenvalue weighted by Crippen LogP contribution is -2.50. The predicted molar refractivity (Wildman–Crippen MR) is 72.8 cm³/mol. The summed E-state index contributed by atoms with van der Waals surface area (Å²) in [5.74, 6) is 0.0229. The Labute approximate surface area is 113 Å². The van der Waals surface area contributed by atoms with Crippen molar-refractivity contribution >= 4 is 5.91 Å². The van der Waals surface area contributed by atoms with E-state index in [9.17, 15) is 4.79 Å². The van der Waals surface area contributed by atoms with Crippen molar-refractivity contribution in [3.63, 3.8) is 0 Å². The molecule has 5 nitrogen and oxygen atoms in total. The van der Waals surface area contributed by atoms with Crippen LogP contribution in [0, 0.1) is 0 Å². The molecule has 1 aliphatic rings. The lowest BCUT2D eigenvalue weighted by molar-refractivity contribution is -0.134. The molecule has 2 heterocycles. The van der Waals surface area contributed by atoms with Gasteiger partial charge < -0.3 is 10.0 Å². The van der Waals surface area contributed by atoms with Gasteiger partial charge in [-0.3, -0.25) is 14.7 Å². The molecule has 0 radical (unpaired) electrons. The number of rotatable bonds is 4. The van der Waals surface area contributed by atoms with Crippen LogP contribution in [0.2, 0.25) is 0 Å². The van der Waals surface area contributed by atoms with Crippen molar-refractivity contribution < 1.29 is 9.90 Å². The van der Waals surface area contributed by atoms with Crippen molar-refractivity contribution in [2.24, 2.45) is 0 Å². The molecular weight excluding hydrogens is 242 g/mol. The summed E-state index contributed by atoms with van der Waals surface area (Å²) in [5, 5.41) is 8.90. The molecule has 1 aliphatic heterocycles. The fourth-order valence-corrected chi connectivity index (χ4v) is 2.38. The van der Waals surface area contributed by atoms with Gasteiger partial charge in [-0.1, -0.05) is 6.07 Å². The van der Waals surface area contributed by atoms with Crippen molar-refractivity contribution in [1.82, 2.24) is 14.8 Å². The second-order valence-electron chi connectivity index (χ2n) is 4.90. The number of carbonyl (C=O) groups is 1. The van der Waals surface area contributed by atoms with Crippen LogP contribution in [0.15, 0.2) is 24.5 Å². The molecule has 5 heteroatoms. The van der Waals surface area contributed by atoms with E-state index >= 15 is 0 Å². The van der Waals surface area contributed by atoms with Crippen LogP contribution in [0.4, 0.5) is 0 Å². The largest absolute Gasteiger partial charge is 0.395 e. The number of aliphatic hydroxyl groups excluding tert-OH is 1. The molecule has 0 saturated carbocycles. The van der Waals surface area contributed by atoms with Crippen LogP contribution >= 0.6 is 0 Å². The third-order valence-corrected chi connectivity index (χ3v) is 3.66. The predicted octanol–water partition coefficient (Wildman–Crippen LogP) is 0.322. The molecule has 104 valence electrons. The second-order valence-corrected chi connectivity index (χ2v) is 4.90. The van der Waals surface area contributed by atoms with Crippen molar-refractivity contribution in [2.45, 2.75) is 12.8 Å². The van der Waals surface area contributed by atoms with Crippen LogP contribution in [0.1, 0.15) is 18.4 Å². The van der Waals surface area contributed by atoms with Crippen LogP contribution in [0.3, 0.4) is 0 Å². The second kappa shape index (κ2) is 6.63. The van der Waals surface area contributed by atoms with E-state index in [1.165, 1.54) is 0 Å². The first-order valence-corrected chi connectivity index (χ1v) is 6.74. The lowest BCUT2D eigenvalue weighted by atomic mass is 10.0. The number of hydrogen-bond donors (Lipinski definition) is 1. The van der Waals surface area contributed by atoms with Crippen molar-refractivity contribution in [1.29, 1.82) is 0 Å². The summed E-state index contributed by atoms with van der Waals surface area (Å²) >= 11 is 0. The molecule has 0 bridgehead atoms. The van der Waals surface area contributed by atoms with Gasteiger partial charge in [-0.2, -0.15) is 0 Å². The number of carbonyl (C=O) groups excluding carboxylic acids is 1. The first-order chi connectivity index (χ1) is 9.22. The van der Waals surface area contributed by atoms with E-state index in [1.54, 1.807) is 12.4 Å². The molecule has 2 rings (SSSR count). The highest BCUT2D eigenvalue weighted by Crippen LogP contribution is 2.17. The van der Waals surface area contributed by atoms with Gasteiger partial charge in [-0.25, -0.2) is 0 Å². The zero-order chi connectivity index (χ0) is 13.7. The number of nitrogens with zero attached hydrogens (tertiary/aromatic N) is 3. The molecule has 1 unspecified atom stereocenters. The van der Waals surface area contributed by atoms with Crippen LogP contribution in [0.25, 0.3) is 0 Å². The summed E-state index contributed by atoms with van der Waals surface area (Å²) in [6, 6.07) is 3.80. The Kier molecular flexibility index (Phi) is 4.87. The van der Waals surface area contributed by atoms with Gasteiger partial charge in [0.1, 0.15) is 0 Å². The van der Waals surface area contributed by atoms with Crippen molar-refractivity contribution in [3.8, 4) is 0 Å². The average molecular weight is 263 g/mol. The first kappa shape index (κ1) is 14.0. The lowest BCUT2D eigenvalue weighted by Gasteiger charge is -2.35. The minimum absolute atomic E-state index is 0.141. The molecule has 1 N–H and O–H groups in total. The molecule has 1 fully saturated rings. The summed E-state index contributed by atoms with van der Waals surface area (Å²) in [7, 11) is 0. The highest BCUT2D eigenvalue weighted by molar-refractivity contribution is 5.83. The summed E-state index contributed by atoms with van der Waals surface area (Å²) in [6.45, 7) is 5.96. The van der Waals surface area contributed by atoms with Crippen LogP contribution in [-0.2, 0) is 4.79 Å². The molecule has 1 amide bonds. The third-order valence-electron chi connectivity index (χ3n) is 3.66. The van der Waals surface area contributed by atoms with E-state index in [4.69, 9.17) is 5.11 Å². The smallest absolute Gasteiger partial charge is 0.229 e. The molecule has 19 heavy (non-hydrogen) atoms. The van der Waals surface area contributed by atoms with Gasteiger partial charge in [-0.05, 0) is 18.6 Å². The minimum Gasteiger partial charge on any atom is -0.395 e. The maximum absolute atomic E-state index is 12.4. The van der Waals surface area contributed by atoms with E-state index in [0.717, 1.165) is 31.7 Å². The summed E-state index contributed by atoms with van der Waals surface area (Å²) < 4.78 is 0. The van der Waals surface area contributed by atoms with Gasteiger partial charge in [0.25, 0.3) is 0 Å². The number of β-amino-alcohol motifs (C(OH)–C–C–N with tert-alkyl or cyclic N) is 1. The minimum atomic E-state index is -0.141. The molecule has 1 aromatic rings.